The van der Waals surface area contributed by atoms with Crippen molar-refractivity contribution in [2.75, 3.05) is 5.32 Å². The minimum absolute atomic E-state index is 0.0270. The number of H-pyrrole nitrogens is 1. The molecule has 0 saturated heterocycles. The second kappa shape index (κ2) is 8.35. The lowest BCUT2D eigenvalue weighted by Gasteiger charge is -2.11. The van der Waals surface area contributed by atoms with Crippen LogP contribution >= 0.6 is 0 Å². The Morgan fingerprint density at radius 2 is 1.51 bits per heavy atom. The Hall–Kier alpha value is -5.11. The largest absolute Gasteiger partial charge is 0.340 e. The third-order valence-electron chi connectivity index (χ3n) is 5.73. The molecule has 8 heteroatoms. The van der Waals surface area contributed by atoms with Crippen LogP contribution in [0.2, 0.25) is 0 Å². The number of para-hydroxylation sites is 1. The van der Waals surface area contributed by atoms with Crippen molar-refractivity contribution in [2.24, 2.45) is 0 Å². The van der Waals surface area contributed by atoms with Gasteiger partial charge in [-0.05, 0) is 42.5 Å². The molecule has 0 amide bonds. The molecule has 168 valence electrons. The zero-order valence-corrected chi connectivity index (χ0v) is 18.3. The average molecular weight is 458 g/mol. The second-order valence-electron chi connectivity index (χ2n) is 8.03. The van der Waals surface area contributed by atoms with Gasteiger partial charge in [0.05, 0.1) is 21.5 Å². The number of imidazole rings is 1. The van der Waals surface area contributed by atoms with E-state index in [1.54, 1.807) is 6.07 Å². The van der Waals surface area contributed by atoms with E-state index < -0.39 is 4.92 Å². The van der Waals surface area contributed by atoms with Crippen LogP contribution < -0.4 is 5.32 Å². The fourth-order valence-electron chi connectivity index (χ4n) is 3.98. The first-order valence-corrected chi connectivity index (χ1v) is 11.0. The number of rotatable bonds is 5. The molecule has 2 heterocycles. The normalized spacial score (nSPS) is 11.1. The average Bonchev–Trinajstić information content (AvgIpc) is 3.33. The van der Waals surface area contributed by atoms with Crippen molar-refractivity contribution < 1.29 is 4.92 Å². The summed E-state index contributed by atoms with van der Waals surface area (Å²) in [6, 6.07) is 30.2. The zero-order chi connectivity index (χ0) is 23.8. The van der Waals surface area contributed by atoms with E-state index in [1.807, 2.05) is 78.9 Å². The van der Waals surface area contributed by atoms with E-state index >= 15 is 0 Å². The van der Waals surface area contributed by atoms with Crippen molar-refractivity contribution >= 4 is 39.1 Å². The molecule has 0 unspecified atom stereocenters. The highest BCUT2D eigenvalue weighted by molar-refractivity contribution is 5.92. The molecule has 35 heavy (non-hydrogen) atoms. The van der Waals surface area contributed by atoms with Crippen molar-refractivity contribution in [1.82, 2.24) is 19.9 Å². The van der Waals surface area contributed by atoms with Gasteiger partial charge in [0.2, 0.25) is 0 Å². The smallest absolute Gasteiger partial charge is 0.271 e. The van der Waals surface area contributed by atoms with Crippen LogP contribution in [0, 0.1) is 10.1 Å². The predicted molar refractivity (Wildman–Crippen MR) is 136 cm³/mol. The highest BCUT2D eigenvalue weighted by Crippen LogP contribution is 2.29. The second-order valence-corrected chi connectivity index (χ2v) is 8.03. The molecule has 8 nitrogen and oxygen atoms in total. The predicted octanol–water partition coefficient (Wildman–Crippen LogP) is 6.49. The molecule has 6 rings (SSSR count). The minimum atomic E-state index is -0.416. The first-order valence-electron chi connectivity index (χ1n) is 11.0. The van der Waals surface area contributed by atoms with Crippen LogP contribution in [0.25, 0.3) is 44.7 Å². The summed E-state index contributed by atoms with van der Waals surface area (Å²) >= 11 is 0. The maximum Gasteiger partial charge on any atom is 0.271 e. The van der Waals surface area contributed by atoms with Gasteiger partial charge in [0, 0.05) is 34.3 Å². The number of fused-ring (bicyclic) bond motifs is 2. The van der Waals surface area contributed by atoms with Crippen LogP contribution in [-0.4, -0.2) is 24.9 Å². The van der Waals surface area contributed by atoms with E-state index in [0.717, 1.165) is 33.5 Å². The molecule has 6 aromatic rings. The van der Waals surface area contributed by atoms with Crippen LogP contribution in [0.4, 0.5) is 17.2 Å². The molecule has 0 radical (unpaired) electrons. The maximum absolute atomic E-state index is 11.0. The summed E-state index contributed by atoms with van der Waals surface area (Å²) in [7, 11) is 0. The van der Waals surface area contributed by atoms with Crippen LogP contribution in [0.1, 0.15) is 0 Å². The van der Waals surface area contributed by atoms with Crippen LogP contribution in [-0.2, 0) is 0 Å². The van der Waals surface area contributed by atoms with Crippen LogP contribution in [0.5, 0.6) is 0 Å². The van der Waals surface area contributed by atoms with E-state index in [-0.39, 0.29) is 5.69 Å². The summed E-state index contributed by atoms with van der Waals surface area (Å²) in [5, 5.41) is 15.4. The lowest BCUT2D eigenvalue weighted by molar-refractivity contribution is -0.384. The van der Waals surface area contributed by atoms with Gasteiger partial charge in [0.1, 0.15) is 11.6 Å². The monoisotopic (exact) mass is 458 g/mol. The Labute approximate surface area is 199 Å². The Kier molecular flexibility index (Phi) is 4.89. The molecular weight excluding hydrogens is 440 g/mol. The summed E-state index contributed by atoms with van der Waals surface area (Å²) in [5.41, 5.74) is 4.86. The number of hydrogen-bond acceptors (Lipinski definition) is 6. The highest BCUT2D eigenvalue weighted by Gasteiger charge is 2.12. The van der Waals surface area contributed by atoms with Crippen molar-refractivity contribution in [3.8, 4) is 22.8 Å². The molecule has 2 N–H and O–H groups in total. The molecule has 0 aliphatic carbocycles. The summed E-state index contributed by atoms with van der Waals surface area (Å²) in [6.45, 7) is 0. The number of nitrogens with zero attached hydrogens (tertiary/aromatic N) is 4. The van der Waals surface area contributed by atoms with Crippen LogP contribution in [0.15, 0.2) is 97.1 Å². The number of nitrogens with one attached hydrogen (secondary N) is 2. The maximum atomic E-state index is 11.0. The standard InChI is InChI=1S/C27H18N6O2/c34-33(35)20-14-15-23-24(16-20)31-25(30-23)18-10-12-19(13-11-18)28-27-21-8-4-5-9-22(21)29-26(32-27)17-6-2-1-3-7-17/h1-16H,(H,30,31)(H,28,29,32). The third kappa shape index (κ3) is 3.93. The first-order chi connectivity index (χ1) is 17.1. The molecule has 2 aromatic heterocycles. The Bertz CT molecular complexity index is 1690. The lowest BCUT2D eigenvalue weighted by Crippen LogP contribution is -1.99. The Balaban J connectivity index is 1.33. The van der Waals surface area contributed by atoms with Gasteiger partial charge in [0.25, 0.3) is 5.69 Å². The molecule has 0 fully saturated rings. The SMILES string of the molecule is O=[N+]([O-])c1ccc2nc(-c3ccc(Nc4nc(-c5ccccc5)nc5ccccc45)cc3)[nH]c2c1. The molecule has 0 saturated carbocycles. The van der Waals surface area contributed by atoms with E-state index in [9.17, 15) is 10.1 Å². The molecular formula is C27H18N6O2. The molecule has 0 atom stereocenters. The van der Waals surface area contributed by atoms with Gasteiger partial charge < -0.3 is 10.3 Å². The van der Waals surface area contributed by atoms with Crippen molar-refractivity contribution in [3.05, 3.63) is 107 Å². The van der Waals surface area contributed by atoms with Crippen molar-refractivity contribution in [3.63, 3.8) is 0 Å². The van der Waals surface area contributed by atoms with Gasteiger partial charge in [-0.2, -0.15) is 0 Å². The number of non-ortho nitro benzene ring substituents is 1. The number of nitro benzene ring substituents is 1. The first kappa shape index (κ1) is 20.5. The van der Waals surface area contributed by atoms with Crippen molar-refractivity contribution in [2.45, 2.75) is 0 Å². The fourth-order valence-corrected chi connectivity index (χ4v) is 3.98. The summed E-state index contributed by atoms with van der Waals surface area (Å²) in [6.07, 6.45) is 0. The Morgan fingerprint density at radius 3 is 2.31 bits per heavy atom. The number of anilines is 2. The molecule has 4 aromatic carbocycles. The molecule has 0 bridgehead atoms. The fraction of sp³-hybridized carbons (Fsp3) is 0. The summed E-state index contributed by atoms with van der Waals surface area (Å²) in [4.78, 5) is 27.9. The van der Waals surface area contributed by atoms with Crippen molar-refractivity contribution in [1.29, 1.82) is 0 Å². The van der Waals surface area contributed by atoms with E-state index in [1.165, 1.54) is 12.1 Å². The third-order valence-corrected chi connectivity index (χ3v) is 5.73. The quantitative estimate of drug-likeness (QED) is 0.226. The van der Waals surface area contributed by atoms with Gasteiger partial charge in [0.15, 0.2) is 5.82 Å². The zero-order valence-electron chi connectivity index (χ0n) is 18.3. The van der Waals surface area contributed by atoms with Gasteiger partial charge in [-0.1, -0.05) is 42.5 Å². The van der Waals surface area contributed by atoms with Gasteiger partial charge >= 0.3 is 0 Å². The lowest BCUT2D eigenvalue weighted by atomic mass is 10.1. The van der Waals surface area contributed by atoms with Crippen LogP contribution in [0.3, 0.4) is 0 Å². The number of aromatic nitrogens is 4. The summed E-state index contributed by atoms with van der Waals surface area (Å²) in [5.74, 6) is 2.02. The van der Waals surface area contributed by atoms with E-state index in [2.05, 4.69) is 15.3 Å². The van der Waals surface area contributed by atoms with E-state index in [4.69, 9.17) is 9.97 Å². The number of hydrogen-bond donors (Lipinski definition) is 2. The minimum Gasteiger partial charge on any atom is -0.340 e. The Morgan fingerprint density at radius 1 is 0.743 bits per heavy atom. The topological polar surface area (TPSA) is 110 Å². The highest BCUT2D eigenvalue weighted by atomic mass is 16.6. The molecule has 0 spiro atoms. The van der Waals surface area contributed by atoms with Gasteiger partial charge in [-0.25, -0.2) is 15.0 Å². The van der Waals surface area contributed by atoms with Gasteiger partial charge in [-0.15, -0.1) is 0 Å². The number of nitro groups is 1. The van der Waals surface area contributed by atoms with Gasteiger partial charge in [-0.3, -0.25) is 10.1 Å². The molecule has 0 aliphatic heterocycles. The number of benzene rings is 4. The number of aromatic amines is 1. The molecule has 0 aliphatic rings. The summed E-state index contributed by atoms with van der Waals surface area (Å²) < 4.78 is 0. The van der Waals surface area contributed by atoms with E-state index in [0.29, 0.717) is 22.7 Å².